The third-order valence-electron chi connectivity index (χ3n) is 6.26. The molecule has 2 heteroatoms. The Kier molecular flexibility index (Phi) is 4.59. The average Bonchev–Trinajstić information content (AvgIpc) is 2.99. The van der Waals surface area contributed by atoms with E-state index in [1.807, 2.05) is 0 Å². The van der Waals surface area contributed by atoms with Crippen LogP contribution in [0.4, 0.5) is 0 Å². The first-order chi connectivity index (χ1) is 12.1. The Hall–Kier alpha value is -1.38. The molecule has 0 aliphatic heterocycles. The number of hydrogen-bond acceptors (Lipinski definition) is 1. The van der Waals surface area contributed by atoms with Gasteiger partial charge in [0.05, 0.1) is 14.2 Å². The zero-order chi connectivity index (χ0) is 17.4. The zero-order valence-electron chi connectivity index (χ0n) is 15.6. The minimum Gasteiger partial charge on any atom is -0.388 e. The van der Waals surface area contributed by atoms with E-state index in [4.69, 9.17) is 0 Å². The molecule has 2 aromatic carbocycles. The second-order valence-corrected chi connectivity index (χ2v) is 13.3. The van der Waals surface area contributed by atoms with Crippen molar-refractivity contribution >= 4 is 13.3 Å². The van der Waals surface area contributed by atoms with Crippen molar-refractivity contribution in [2.75, 3.05) is 0 Å². The van der Waals surface area contributed by atoms with Gasteiger partial charge < -0.3 is 5.11 Å². The molecule has 0 aromatic heterocycles. The average molecular weight is 351 g/mol. The Bertz CT molecular complexity index is 763. The minimum atomic E-state index is -1.56. The Morgan fingerprint density at radius 1 is 0.960 bits per heavy atom. The highest BCUT2D eigenvalue weighted by atomic mass is 28.3. The third-order valence-corrected chi connectivity index (χ3v) is 9.45. The van der Waals surface area contributed by atoms with E-state index in [1.54, 1.807) is 10.8 Å². The molecule has 1 atom stereocenters. The van der Waals surface area contributed by atoms with Crippen molar-refractivity contribution in [1.82, 2.24) is 0 Å². The summed E-state index contributed by atoms with van der Waals surface area (Å²) < 4.78 is 0. The molecule has 2 aromatic rings. The van der Waals surface area contributed by atoms with Crippen LogP contribution >= 0.6 is 0 Å². The molecule has 0 saturated heterocycles. The number of aryl methyl sites for hydroxylation is 1. The molecule has 0 amide bonds. The Morgan fingerprint density at radius 2 is 1.72 bits per heavy atom. The van der Waals surface area contributed by atoms with Gasteiger partial charge in [-0.05, 0) is 66.8 Å². The van der Waals surface area contributed by atoms with Crippen molar-refractivity contribution in [3.63, 3.8) is 0 Å². The number of fused-ring (bicyclic) bond motifs is 3. The topological polar surface area (TPSA) is 20.2 Å². The molecule has 0 spiro atoms. The van der Waals surface area contributed by atoms with Gasteiger partial charge in [-0.3, -0.25) is 0 Å². The van der Waals surface area contributed by atoms with Gasteiger partial charge in [-0.15, -0.1) is 0 Å². The van der Waals surface area contributed by atoms with E-state index >= 15 is 0 Å². The van der Waals surface area contributed by atoms with Crippen molar-refractivity contribution in [3.8, 4) is 0 Å². The van der Waals surface area contributed by atoms with Crippen LogP contribution in [0.2, 0.25) is 13.1 Å². The molecule has 1 nitrogen and oxygen atoms in total. The van der Waals surface area contributed by atoms with Crippen molar-refractivity contribution in [1.29, 1.82) is 0 Å². The summed E-state index contributed by atoms with van der Waals surface area (Å²) in [4.78, 5) is 0. The highest BCUT2D eigenvalue weighted by Crippen LogP contribution is 2.37. The van der Waals surface area contributed by atoms with Crippen LogP contribution in [0.15, 0.2) is 36.4 Å². The molecule has 132 valence electrons. The van der Waals surface area contributed by atoms with Gasteiger partial charge in [0, 0.05) is 0 Å². The summed E-state index contributed by atoms with van der Waals surface area (Å²) in [6, 6.07) is 14.7. The van der Waals surface area contributed by atoms with Crippen LogP contribution in [-0.2, 0) is 25.3 Å². The number of benzene rings is 2. The summed E-state index contributed by atoms with van der Waals surface area (Å²) in [7, 11) is -1.56. The van der Waals surface area contributed by atoms with E-state index < -0.39 is 8.07 Å². The van der Waals surface area contributed by atoms with Crippen molar-refractivity contribution in [2.24, 2.45) is 0 Å². The van der Waals surface area contributed by atoms with Crippen LogP contribution in [0, 0.1) is 0 Å². The lowest BCUT2D eigenvalue weighted by atomic mass is 9.92. The van der Waals surface area contributed by atoms with Crippen LogP contribution in [0.1, 0.15) is 59.6 Å². The molecule has 0 saturated carbocycles. The molecule has 2 aliphatic carbocycles. The SMILES string of the molecule is C[Si](C)(Cc1ccccc1)c1cc2c(c3c1CCC3)C(O)CCCC2. The van der Waals surface area contributed by atoms with Crippen LogP contribution in [0.25, 0.3) is 0 Å². The predicted molar refractivity (Wildman–Crippen MR) is 108 cm³/mol. The van der Waals surface area contributed by atoms with Gasteiger partial charge in [0.2, 0.25) is 0 Å². The fourth-order valence-electron chi connectivity index (χ4n) is 5.10. The highest BCUT2D eigenvalue weighted by Gasteiger charge is 2.33. The summed E-state index contributed by atoms with van der Waals surface area (Å²) in [6.07, 6.45) is 7.92. The normalized spacial score (nSPS) is 20.0. The van der Waals surface area contributed by atoms with Gasteiger partial charge in [0.15, 0.2) is 0 Å². The van der Waals surface area contributed by atoms with Crippen molar-refractivity contribution < 1.29 is 5.11 Å². The van der Waals surface area contributed by atoms with Crippen molar-refractivity contribution in [3.05, 3.63) is 64.2 Å². The Labute approximate surface area is 153 Å². The van der Waals surface area contributed by atoms with E-state index in [2.05, 4.69) is 49.5 Å². The van der Waals surface area contributed by atoms with Crippen molar-refractivity contribution in [2.45, 2.75) is 70.2 Å². The molecule has 0 bridgehead atoms. The maximum atomic E-state index is 10.7. The second kappa shape index (κ2) is 6.73. The van der Waals surface area contributed by atoms with Gasteiger partial charge in [-0.25, -0.2) is 0 Å². The van der Waals surface area contributed by atoms with Crippen LogP contribution < -0.4 is 5.19 Å². The number of aliphatic hydroxyl groups is 1. The molecule has 0 radical (unpaired) electrons. The predicted octanol–water partition coefficient (Wildman–Crippen LogP) is 4.63. The van der Waals surface area contributed by atoms with E-state index in [-0.39, 0.29) is 6.10 Å². The first-order valence-corrected chi connectivity index (χ1v) is 13.2. The molecule has 4 rings (SSSR count). The van der Waals surface area contributed by atoms with Crippen LogP contribution in [0.3, 0.4) is 0 Å². The first-order valence-electron chi connectivity index (χ1n) is 9.96. The lowest BCUT2D eigenvalue weighted by molar-refractivity contribution is 0.165. The molecular formula is C23H30OSi. The van der Waals surface area contributed by atoms with Gasteiger partial charge in [0.25, 0.3) is 0 Å². The van der Waals surface area contributed by atoms with Gasteiger partial charge in [-0.1, -0.05) is 66.7 Å². The van der Waals surface area contributed by atoms with E-state index in [9.17, 15) is 5.11 Å². The van der Waals surface area contributed by atoms with E-state index in [0.29, 0.717) is 0 Å². The number of hydrogen-bond donors (Lipinski definition) is 1. The first kappa shape index (κ1) is 17.1. The molecule has 0 fully saturated rings. The van der Waals surface area contributed by atoms with Gasteiger partial charge >= 0.3 is 0 Å². The lowest BCUT2D eigenvalue weighted by Crippen LogP contribution is -2.46. The fraction of sp³-hybridized carbons (Fsp3) is 0.478. The molecule has 25 heavy (non-hydrogen) atoms. The Morgan fingerprint density at radius 3 is 2.52 bits per heavy atom. The van der Waals surface area contributed by atoms with Gasteiger partial charge in [0.1, 0.15) is 0 Å². The van der Waals surface area contributed by atoms with Crippen LogP contribution in [-0.4, -0.2) is 13.2 Å². The third kappa shape index (κ3) is 3.22. The molecule has 0 heterocycles. The maximum Gasteiger partial charge on any atom is 0.0853 e. The summed E-state index contributed by atoms with van der Waals surface area (Å²) in [6.45, 7) is 5.07. The quantitative estimate of drug-likeness (QED) is 0.632. The molecule has 1 unspecified atom stereocenters. The van der Waals surface area contributed by atoms with E-state index in [0.717, 1.165) is 19.3 Å². The van der Waals surface area contributed by atoms with Gasteiger partial charge in [-0.2, -0.15) is 0 Å². The maximum absolute atomic E-state index is 10.7. The largest absolute Gasteiger partial charge is 0.388 e. The number of aliphatic hydroxyl groups excluding tert-OH is 1. The summed E-state index contributed by atoms with van der Waals surface area (Å²) in [5.41, 5.74) is 7.43. The standard InChI is InChI=1S/C23H30OSi/c1-25(2,16-17-9-4-3-5-10-17)22-15-18-11-6-7-14-21(24)23(18)20-13-8-12-19(20)22/h3-5,9-10,15,21,24H,6-8,11-14,16H2,1-2H3. The highest BCUT2D eigenvalue weighted by molar-refractivity contribution is 6.89. The zero-order valence-corrected chi connectivity index (χ0v) is 16.6. The van der Waals surface area contributed by atoms with E-state index in [1.165, 1.54) is 54.0 Å². The Balaban J connectivity index is 1.80. The smallest absolute Gasteiger partial charge is 0.0853 e. The fourth-order valence-corrected chi connectivity index (χ4v) is 8.20. The second-order valence-electron chi connectivity index (χ2n) is 8.62. The summed E-state index contributed by atoms with van der Waals surface area (Å²) in [5, 5.41) is 12.4. The molecule has 1 N–H and O–H groups in total. The van der Waals surface area contributed by atoms with Crippen LogP contribution in [0.5, 0.6) is 0 Å². The number of rotatable bonds is 3. The lowest BCUT2D eigenvalue weighted by Gasteiger charge is -2.29. The monoisotopic (exact) mass is 350 g/mol. The molecular weight excluding hydrogens is 320 g/mol. The summed E-state index contributed by atoms with van der Waals surface area (Å²) >= 11 is 0. The summed E-state index contributed by atoms with van der Waals surface area (Å²) in [5.74, 6) is 0. The molecule has 2 aliphatic rings. The minimum absolute atomic E-state index is 0.225.